The quantitative estimate of drug-likeness (QED) is 0.137. The first-order chi connectivity index (χ1) is 28.6. The van der Waals surface area contributed by atoms with E-state index in [1.54, 1.807) is 0 Å². The van der Waals surface area contributed by atoms with Crippen LogP contribution in [0.1, 0.15) is 16.7 Å². The van der Waals surface area contributed by atoms with Gasteiger partial charge in [-0.1, -0.05) is 72.8 Å². The number of hydrogen-bond donors (Lipinski definition) is 0. The Hall–Kier alpha value is -6.24. The van der Waals surface area contributed by atoms with Crippen LogP contribution in [-0.4, -0.2) is 86.9 Å². The number of rotatable bonds is 8. The van der Waals surface area contributed by atoms with Crippen molar-refractivity contribution in [1.29, 1.82) is 0 Å². The predicted octanol–water partition coefficient (Wildman–Crippen LogP) is 8.10. The van der Waals surface area contributed by atoms with Crippen LogP contribution < -0.4 is 14.7 Å². The van der Waals surface area contributed by atoms with Gasteiger partial charge < -0.3 is 49.3 Å². The molecule has 5 heterocycles. The molecule has 0 fully saturated rings. The Labute approximate surface area is 360 Å². The van der Waals surface area contributed by atoms with Crippen LogP contribution in [0.2, 0.25) is 0 Å². The molecule has 0 atom stereocenters. The Balaban J connectivity index is 0.00000462. The molecule has 8 aromatic rings. The van der Waals surface area contributed by atoms with Crippen LogP contribution in [0.3, 0.4) is 0 Å². The first-order valence-corrected chi connectivity index (χ1v) is 19.6. The molecular formula is C47H41N11OZn. The zero-order valence-corrected chi connectivity index (χ0v) is 37.4. The van der Waals surface area contributed by atoms with Gasteiger partial charge in [-0.2, -0.15) is 0 Å². The SMILES string of the molecule is CN(C)Cc1cc(CN(C)C)c(Oc2ccc3c4nc5nc(nc6[n-]c(nc7nc(nc([n-]4)c3c2)-c2ccccc2-7)c2ccccc62)-c2ccccc2-5)c(CN(C)C)c1.[Zn+2]. The van der Waals surface area contributed by atoms with Crippen molar-refractivity contribution in [2.75, 3.05) is 42.3 Å². The van der Waals surface area contributed by atoms with E-state index in [2.05, 4.69) is 69.1 Å². The fraction of sp³-hybridized carbons (Fsp3) is 0.191. The molecule has 0 saturated heterocycles. The van der Waals surface area contributed by atoms with Crippen molar-refractivity contribution in [3.05, 3.63) is 120 Å². The predicted molar refractivity (Wildman–Crippen MR) is 233 cm³/mol. The Morgan fingerprint density at radius 2 is 0.817 bits per heavy atom. The molecule has 0 N–H and O–H groups in total. The smallest absolute Gasteiger partial charge is 0.457 e. The first kappa shape index (κ1) is 39.2. The summed E-state index contributed by atoms with van der Waals surface area (Å²) in [4.78, 5) is 47.0. The Morgan fingerprint density at radius 1 is 0.433 bits per heavy atom. The second kappa shape index (κ2) is 15.7. The summed E-state index contributed by atoms with van der Waals surface area (Å²) in [6.45, 7) is 2.26. The number of aromatic nitrogens is 8. The Bertz CT molecular complexity index is 3100. The van der Waals surface area contributed by atoms with Crippen LogP contribution in [-0.2, 0) is 39.1 Å². The first-order valence-electron chi connectivity index (χ1n) is 19.6. The van der Waals surface area contributed by atoms with Crippen LogP contribution in [0.25, 0.3) is 89.7 Å². The third kappa shape index (κ3) is 7.24. The normalized spacial score (nSPS) is 12.0. The molecule has 10 rings (SSSR count). The van der Waals surface area contributed by atoms with Crippen molar-refractivity contribution in [2.45, 2.75) is 19.6 Å². The third-order valence-corrected chi connectivity index (χ3v) is 10.4. The molecule has 0 aliphatic carbocycles. The van der Waals surface area contributed by atoms with Gasteiger partial charge in [-0.3, -0.25) is 0 Å². The van der Waals surface area contributed by atoms with E-state index in [9.17, 15) is 0 Å². The van der Waals surface area contributed by atoms with Crippen molar-refractivity contribution in [3.8, 4) is 57.1 Å². The maximum Gasteiger partial charge on any atom is 2.00 e. The van der Waals surface area contributed by atoms with Crippen molar-refractivity contribution in [1.82, 2.24) is 54.6 Å². The van der Waals surface area contributed by atoms with Gasteiger partial charge in [0.25, 0.3) is 0 Å². The fourth-order valence-electron chi connectivity index (χ4n) is 8.00. The van der Waals surface area contributed by atoms with Gasteiger partial charge in [0.15, 0.2) is 0 Å². The number of ether oxygens (including phenoxy) is 1. The molecule has 8 bridgehead atoms. The molecule has 0 saturated carbocycles. The topological polar surface area (TPSA) is 124 Å². The minimum atomic E-state index is 0. The van der Waals surface area contributed by atoms with E-state index in [1.165, 1.54) is 5.56 Å². The molecule has 5 aromatic carbocycles. The molecule has 0 radical (unpaired) electrons. The minimum Gasteiger partial charge on any atom is -0.457 e. The zero-order valence-electron chi connectivity index (χ0n) is 34.5. The molecular weight excluding hydrogens is 800 g/mol. The van der Waals surface area contributed by atoms with Crippen LogP contribution in [0.4, 0.5) is 0 Å². The second-order valence-corrected chi connectivity index (χ2v) is 15.9. The molecule has 0 spiro atoms. The van der Waals surface area contributed by atoms with Crippen molar-refractivity contribution in [2.24, 2.45) is 0 Å². The minimum absolute atomic E-state index is 0. The molecule has 0 amide bonds. The van der Waals surface area contributed by atoms with Gasteiger partial charge in [0, 0.05) is 75.6 Å². The molecule has 12 nitrogen and oxygen atoms in total. The summed E-state index contributed by atoms with van der Waals surface area (Å²) in [6.07, 6.45) is 0. The summed E-state index contributed by atoms with van der Waals surface area (Å²) < 4.78 is 6.95. The van der Waals surface area contributed by atoms with Crippen molar-refractivity contribution < 1.29 is 24.2 Å². The van der Waals surface area contributed by atoms with E-state index in [0.29, 0.717) is 51.6 Å². The van der Waals surface area contributed by atoms with Gasteiger partial charge >= 0.3 is 19.5 Å². The van der Waals surface area contributed by atoms with Crippen LogP contribution in [0.5, 0.6) is 11.5 Å². The summed E-state index contributed by atoms with van der Waals surface area (Å²) in [7, 11) is 12.5. The van der Waals surface area contributed by atoms with E-state index in [4.69, 9.17) is 44.6 Å². The average molecular weight is 841 g/mol. The largest absolute Gasteiger partial charge is 2.00 e. The van der Waals surface area contributed by atoms with E-state index in [-0.39, 0.29) is 19.5 Å². The monoisotopic (exact) mass is 839 g/mol. The van der Waals surface area contributed by atoms with Gasteiger partial charge in [-0.25, -0.2) is 9.97 Å². The fourth-order valence-corrected chi connectivity index (χ4v) is 8.00. The molecule has 292 valence electrons. The average Bonchev–Trinajstić information content (AvgIpc) is 3.94. The summed E-state index contributed by atoms with van der Waals surface area (Å²) in [5.41, 5.74) is 8.92. The standard InChI is InChI=1S/C47H41N11O.Zn/c1-56(2)24-27-21-28(25-57(3)4)39(29(22-27)26-58(5)6)59-30-19-20-37-38(23-30)47-54-45-36-18-12-11-17-35(36)43(52-45)50-41-32-14-8-7-13-31(32)40(48-41)49-42-33-15-9-10-16-34(33)44(51-42)53-46(37)55-47;/h7-23H,24-26H2,1-6H3;/q-2;+2. The zero-order chi connectivity index (χ0) is 40.4. The maximum absolute atomic E-state index is 6.95. The van der Waals surface area contributed by atoms with E-state index in [1.807, 2.05) is 91.0 Å². The molecule has 2 aliphatic heterocycles. The Morgan fingerprint density at radius 3 is 1.23 bits per heavy atom. The van der Waals surface area contributed by atoms with E-state index in [0.717, 1.165) is 80.3 Å². The molecule has 2 aliphatic rings. The molecule has 0 unspecified atom stereocenters. The van der Waals surface area contributed by atoms with Gasteiger partial charge in [-0.15, -0.1) is 0 Å². The third-order valence-electron chi connectivity index (χ3n) is 10.4. The summed E-state index contributed by atoms with van der Waals surface area (Å²) in [5, 5.41) is 3.33. The summed E-state index contributed by atoms with van der Waals surface area (Å²) >= 11 is 0. The van der Waals surface area contributed by atoms with E-state index >= 15 is 0 Å². The van der Waals surface area contributed by atoms with Gasteiger partial charge in [0.2, 0.25) is 0 Å². The van der Waals surface area contributed by atoms with Crippen molar-refractivity contribution in [3.63, 3.8) is 0 Å². The molecule has 13 heteroatoms. The van der Waals surface area contributed by atoms with Crippen molar-refractivity contribution >= 4 is 44.1 Å². The number of nitrogens with zero attached hydrogens (tertiary/aromatic N) is 11. The Kier molecular flexibility index (Phi) is 10.3. The second-order valence-electron chi connectivity index (χ2n) is 15.9. The van der Waals surface area contributed by atoms with Gasteiger partial charge in [0.1, 0.15) is 11.5 Å². The molecule has 3 aromatic heterocycles. The maximum atomic E-state index is 6.95. The van der Waals surface area contributed by atoms with Gasteiger partial charge in [-0.05, 0) is 99.7 Å². The summed E-state index contributed by atoms with van der Waals surface area (Å²) in [6, 6.07) is 34.5. The van der Waals surface area contributed by atoms with Crippen LogP contribution >= 0.6 is 0 Å². The summed E-state index contributed by atoms with van der Waals surface area (Å²) in [5.74, 6) is 3.56. The van der Waals surface area contributed by atoms with Crippen LogP contribution in [0.15, 0.2) is 103 Å². The van der Waals surface area contributed by atoms with Gasteiger partial charge in [0.05, 0.1) is 23.3 Å². The van der Waals surface area contributed by atoms with Crippen LogP contribution in [0, 0.1) is 0 Å². The van der Waals surface area contributed by atoms with E-state index < -0.39 is 0 Å². The molecule has 60 heavy (non-hydrogen) atoms. The number of benzene rings is 5. The number of hydrogen-bond acceptors (Lipinski definition) is 10. The number of fused-ring (bicyclic) bond motifs is 20.